The number of nitrogens with one attached hydrogen (secondary N) is 2. The third kappa shape index (κ3) is 6.49. The van der Waals surface area contributed by atoms with E-state index in [1.54, 1.807) is 0 Å². The lowest BCUT2D eigenvalue weighted by atomic mass is 10.2. The van der Waals surface area contributed by atoms with E-state index in [2.05, 4.69) is 27.5 Å². The zero-order valence-corrected chi connectivity index (χ0v) is 11.2. The monoisotopic (exact) mass is 264 g/mol. The molecule has 0 fully saturated rings. The maximum atomic E-state index is 11.6. The van der Waals surface area contributed by atoms with Gasteiger partial charge in [-0.1, -0.05) is 19.8 Å². The number of rotatable bonds is 8. The topological polar surface area (TPSA) is 84.0 Å². The van der Waals surface area contributed by atoms with E-state index < -0.39 is 0 Å². The van der Waals surface area contributed by atoms with Crippen LogP contribution in [0.1, 0.15) is 43.1 Å². The maximum Gasteiger partial charge on any atom is 0.271 e. The molecule has 104 valence electrons. The summed E-state index contributed by atoms with van der Waals surface area (Å²) in [4.78, 5) is 30.7. The first-order chi connectivity index (χ1) is 9.24. The SMILES string of the molecule is CCCCCC(=O)NCCNC(=O)c1cnccn1. The molecule has 0 aliphatic rings. The molecule has 0 aliphatic heterocycles. The second kappa shape index (κ2) is 9.02. The van der Waals surface area contributed by atoms with Gasteiger partial charge in [0, 0.05) is 31.9 Å². The summed E-state index contributed by atoms with van der Waals surface area (Å²) in [6, 6.07) is 0. The minimum atomic E-state index is -0.284. The van der Waals surface area contributed by atoms with Crippen LogP contribution in [0, 0.1) is 0 Å². The van der Waals surface area contributed by atoms with E-state index in [-0.39, 0.29) is 17.5 Å². The van der Waals surface area contributed by atoms with E-state index in [0.29, 0.717) is 19.5 Å². The summed E-state index contributed by atoms with van der Waals surface area (Å²) in [5, 5.41) is 5.42. The van der Waals surface area contributed by atoms with Crippen LogP contribution in [0.2, 0.25) is 0 Å². The number of hydrogen-bond donors (Lipinski definition) is 2. The molecule has 1 rings (SSSR count). The zero-order chi connectivity index (χ0) is 13.9. The van der Waals surface area contributed by atoms with Crippen molar-refractivity contribution in [2.24, 2.45) is 0 Å². The van der Waals surface area contributed by atoms with Crippen molar-refractivity contribution in [1.29, 1.82) is 0 Å². The van der Waals surface area contributed by atoms with E-state index in [4.69, 9.17) is 0 Å². The third-order valence-corrected chi connectivity index (χ3v) is 2.54. The van der Waals surface area contributed by atoms with Gasteiger partial charge in [-0.3, -0.25) is 14.6 Å². The highest BCUT2D eigenvalue weighted by atomic mass is 16.2. The van der Waals surface area contributed by atoms with Crippen LogP contribution in [0.4, 0.5) is 0 Å². The first kappa shape index (κ1) is 15.1. The number of amides is 2. The minimum Gasteiger partial charge on any atom is -0.354 e. The Balaban J connectivity index is 2.11. The molecule has 19 heavy (non-hydrogen) atoms. The van der Waals surface area contributed by atoms with Crippen LogP contribution in [-0.4, -0.2) is 34.9 Å². The van der Waals surface area contributed by atoms with Crippen LogP contribution >= 0.6 is 0 Å². The predicted molar refractivity (Wildman–Crippen MR) is 71.5 cm³/mol. The molecule has 1 heterocycles. The largest absolute Gasteiger partial charge is 0.354 e. The van der Waals surface area contributed by atoms with Gasteiger partial charge in [-0.05, 0) is 6.42 Å². The Morgan fingerprint density at radius 2 is 1.95 bits per heavy atom. The molecule has 0 aromatic carbocycles. The molecule has 0 unspecified atom stereocenters. The molecule has 0 aliphatic carbocycles. The lowest BCUT2D eigenvalue weighted by Gasteiger charge is -2.06. The summed E-state index contributed by atoms with van der Waals surface area (Å²) >= 11 is 0. The summed E-state index contributed by atoms with van der Waals surface area (Å²) < 4.78 is 0. The highest BCUT2D eigenvalue weighted by molar-refractivity contribution is 5.91. The zero-order valence-electron chi connectivity index (χ0n) is 11.2. The van der Waals surface area contributed by atoms with Gasteiger partial charge in [-0.15, -0.1) is 0 Å². The number of unbranched alkanes of at least 4 members (excludes halogenated alkanes) is 2. The van der Waals surface area contributed by atoms with Crippen LogP contribution in [0.3, 0.4) is 0 Å². The molecule has 1 aromatic rings. The number of carbonyl (C=O) groups is 2. The number of hydrogen-bond acceptors (Lipinski definition) is 4. The molecule has 0 spiro atoms. The van der Waals surface area contributed by atoms with Crippen molar-refractivity contribution >= 4 is 11.8 Å². The molecule has 2 N–H and O–H groups in total. The molecule has 2 amide bonds. The summed E-state index contributed by atoms with van der Waals surface area (Å²) in [7, 11) is 0. The second-order valence-electron chi connectivity index (χ2n) is 4.15. The smallest absolute Gasteiger partial charge is 0.271 e. The average molecular weight is 264 g/mol. The first-order valence-corrected chi connectivity index (χ1v) is 6.55. The Morgan fingerprint density at radius 1 is 1.16 bits per heavy atom. The summed E-state index contributed by atoms with van der Waals surface area (Å²) in [6.45, 7) is 2.91. The first-order valence-electron chi connectivity index (χ1n) is 6.55. The van der Waals surface area contributed by atoms with Crippen molar-refractivity contribution in [2.75, 3.05) is 13.1 Å². The average Bonchev–Trinajstić information content (AvgIpc) is 2.44. The fourth-order valence-corrected chi connectivity index (χ4v) is 1.51. The molecule has 6 nitrogen and oxygen atoms in total. The van der Waals surface area contributed by atoms with Gasteiger partial charge in [0.25, 0.3) is 5.91 Å². The number of carbonyl (C=O) groups excluding carboxylic acids is 2. The number of aromatic nitrogens is 2. The van der Waals surface area contributed by atoms with Crippen molar-refractivity contribution < 1.29 is 9.59 Å². The van der Waals surface area contributed by atoms with Crippen LogP contribution in [0.5, 0.6) is 0 Å². The van der Waals surface area contributed by atoms with Crippen molar-refractivity contribution in [1.82, 2.24) is 20.6 Å². The molecule has 0 atom stereocenters. The predicted octanol–water partition coefficient (Wildman–Crippen LogP) is 0.903. The molecular formula is C13H20N4O2. The Hall–Kier alpha value is -1.98. The fourth-order valence-electron chi connectivity index (χ4n) is 1.51. The van der Waals surface area contributed by atoms with Gasteiger partial charge < -0.3 is 10.6 Å². The highest BCUT2D eigenvalue weighted by Crippen LogP contribution is 1.97. The van der Waals surface area contributed by atoms with Gasteiger partial charge in [0.05, 0.1) is 6.20 Å². The van der Waals surface area contributed by atoms with Gasteiger partial charge in [-0.25, -0.2) is 4.98 Å². The van der Waals surface area contributed by atoms with Crippen LogP contribution in [-0.2, 0) is 4.79 Å². The van der Waals surface area contributed by atoms with Crippen molar-refractivity contribution in [3.05, 3.63) is 24.3 Å². The van der Waals surface area contributed by atoms with Crippen LogP contribution in [0.25, 0.3) is 0 Å². The molecule has 1 aromatic heterocycles. The Bertz CT molecular complexity index is 395. The van der Waals surface area contributed by atoms with Gasteiger partial charge >= 0.3 is 0 Å². The molecule has 0 bridgehead atoms. The second-order valence-corrected chi connectivity index (χ2v) is 4.15. The standard InChI is InChI=1S/C13H20N4O2/c1-2-3-4-5-12(18)16-8-9-17-13(19)11-10-14-6-7-15-11/h6-7,10H,2-5,8-9H2,1H3,(H,16,18)(H,17,19). The van der Waals surface area contributed by atoms with E-state index in [1.165, 1.54) is 18.6 Å². The van der Waals surface area contributed by atoms with Gasteiger partial charge in [0.1, 0.15) is 5.69 Å². The highest BCUT2D eigenvalue weighted by Gasteiger charge is 2.05. The lowest BCUT2D eigenvalue weighted by Crippen LogP contribution is -2.34. The molecule has 0 radical (unpaired) electrons. The van der Waals surface area contributed by atoms with E-state index in [9.17, 15) is 9.59 Å². The molecule has 6 heteroatoms. The summed E-state index contributed by atoms with van der Waals surface area (Å²) in [6.07, 6.45) is 7.99. The summed E-state index contributed by atoms with van der Waals surface area (Å²) in [5.74, 6) is -0.254. The van der Waals surface area contributed by atoms with Gasteiger partial charge in [0.2, 0.25) is 5.91 Å². The lowest BCUT2D eigenvalue weighted by molar-refractivity contribution is -0.121. The van der Waals surface area contributed by atoms with E-state index in [1.807, 2.05) is 0 Å². The third-order valence-electron chi connectivity index (χ3n) is 2.54. The van der Waals surface area contributed by atoms with Crippen molar-refractivity contribution in [3.63, 3.8) is 0 Å². The van der Waals surface area contributed by atoms with E-state index in [0.717, 1.165) is 19.3 Å². The quantitative estimate of drug-likeness (QED) is 0.683. The molecule has 0 saturated carbocycles. The molecular weight excluding hydrogens is 244 g/mol. The van der Waals surface area contributed by atoms with Crippen LogP contribution < -0.4 is 10.6 Å². The van der Waals surface area contributed by atoms with Crippen molar-refractivity contribution in [3.8, 4) is 0 Å². The van der Waals surface area contributed by atoms with Crippen LogP contribution in [0.15, 0.2) is 18.6 Å². The summed E-state index contributed by atoms with van der Waals surface area (Å²) in [5.41, 5.74) is 0.275. The Kier molecular flexibility index (Phi) is 7.16. The molecule has 0 saturated heterocycles. The van der Waals surface area contributed by atoms with Crippen molar-refractivity contribution in [2.45, 2.75) is 32.6 Å². The van der Waals surface area contributed by atoms with Gasteiger partial charge in [0.15, 0.2) is 0 Å². The minimum absolute atomic E-state index is 0.0298. The van der Waals surface area contributed by atoms with Gasteiger partial charge in [-0.2, -0.15) is 0 Å². The Labute approximate surface area is 113 Å². The normalized spacial score (nSPS) is 9.95. The fraction of sp³-hybridized carbons (Fsp3) is 0.538. The van der Waals surface area contributed by atoms with E-state index >= 15 is 0 Å². The maximum absolute atomic E-state index is 11.6. The number of nitrogens with zero attached hydrogens (tertiary/aromatic N) is 2. The Morgan fingerprint density at radius 3 is 2.63 bits per heavy atom.